The molecular formula is C27H35N3O2S. The maximum Gasteiger partial charge on any atom is 0.246 e. The van der Waals surface area contributed by atoms with Crippen LogP contribution in [0.4, 0.5) is 0 Å². The molecule has 2 aliphatic heterocycles. The first kappa shape index (κ1) is 23.8. The molecule has 0 saturated carbocycles. The number of rotatable bonds is 5. The van der Waals surface area contributed by atoms with Crippen molar-refractivity contribution < 1.29 is 9.59 Å². The zero-order valence-electron chi connectivity index (χ0n) is 19.9. The van der Waals surface area contributed by atoms with Gasteiger partial charge in [-0.25, -0.2) is 0 Å². The van der Waals surface area contributed by atoms with E-state index in [1.165, 1.54) is 11.1 Å². The highest BCUT2D eigenvalue weighted by atomic mass is 32.2. The molecule has 0 spiro atoms. The van der Waals surface area contributed by atoms with Gasteiger partial charge in [-0.05, 0) is 16.5 Å². The first-order chi connectivity index (χ1) is 15.8. The molecule has 33 heavy (non-hydrogen) atoms. The highest BCUT2D eigenvalue weighted by molar-refractivity contribution is 7.99. The zero-order chi connectivity index (χ0) is 23.4. The van der Waals surface area contributed by atoms with Crippen molar-refractivity contribution in [2.75, 3.05) is 37.8 Å². The van der Waals surface area contributed by atoms with Crippen LogP contribution < -0.4 is 0 Å². The monoisotopic (exact) mass is 465 g/mol. The number of hydrogen-bond donors (Lipinski definition) is 0. The van der Waals surface area contributed by atoms with Gasteiger partial charge >= 0.3 is 0 Å². The fourth-order valence-electron chi connectivity index (χ4n) is 4.74. The summed E-state index contributed by atoms with van der Waals surface area (Å²) in [4.78, 5) is 32.5. The number of amides is 2. The molecule has 2 aromatic carbocycles. The average molecular weight is 466 g/mol. The summed E-state index contributed by atoms with van der Waals surface area (Å²) in [6, 6.07) is 21.0. The van der Waals surface area contributed by atoms with Gasteiger partial charge in [0.25, 0.3) is 0 Å². The summed E-state index contributed by atoms with van der Waals surface area (Å²) in [5, 5.41) is 0. The molecule has 6 heteroatoms. The molecule has 2 fully saturated rings. The molecule has 1 unspecified atom stereocenters. The molecule has 2 aromatic rings. The van der Waals surface area contributed by atoms with E-state index in [-0.39, 0.29) is 29.3 Å². The molecule has 2 saturated heterocycles. The largest absolute Gasteiger partial charge is 0.338 e. The first-order valence-corrected chi connectivity index (χ1v) is 13.0. The summed E-state index contributed by atoms with van der Waals surface area (Å²) in [6.45, 7) is 9.22. The van der Waals surface area contributed by atoms with Crippen LogP contribution in [0, 0.1) is 5.41 Å². The van der Waals surface area contributed by atoms with Crippen LogP contribution in [-0.2, 0) is 9.59 Å². The minimum Gasteiger partial charge on any atom is -0.338 e. The van der Waals surface area contributed by atoms with E-state index in [1.54, 1.807) is 16.7 Å². The third-order valence-electron chi connectivity index (χ3n) is 6.39. The van der Waals surface area contributed by atoms with E-state index in [2.05, 4.69) is 86.3 Å². The molecule has 176 valence electrons. The third kappa shape index (κ3) is 5.79. The van der Waals surface area contributed by atoms with Gasteiger partial charge in [-0.15, -0.1) is 11.8 Å². The highest BCUT2D eigenvalue weighted by Crippen LogP contribution is 2.31. The Bertz CT molecular complexity index is 897. The van der Waals surface area contributed by atoms with Gasteiger partial charge in [-0.2, -0.15) is 0 Å². The van der Waals surface area contributed by atoms with Crippen molar-refractivity contribution in [3.8, 4) is 0 Å². The van der Waals surface area contributed by atoms with Crippen molar-refractivity contribution in [3.63, 3.8) is 0 Å². The molecule has 4 rings (SSSR count). The van der Waals surface area contributed by atoms with Gasteiger partial charge in [0.1, 0.15) is 6.04 Å². The quantitative estimate of drug-likeness (QED) is 0.662. The van der Waals surface area contributed by atoms with Crippen LogP contribution in [0.5, 0.6) is 0 Å². The zero-order valence-corrected chi connectivity index (χ0v) is 20.8. The molecule has 0 radical (unpaired) electrons. The van der Waals surface area contributed by atoms with Crippen LogP contribution in [0.1, 0.15) is 44.4 Å². The van der Waals surface area contributed by atoms with E-state index in [1.807, 2.05) is 4.90 Å². The smallest absolute Gasteiger partial charge is 0.246 e. The molecule has 1 atom stereocenters. The second kappa shape index (κ2) is 10.3. The van der Waals surface area contributed by atoms with Crippen molar-refractivity contribution in [2.24, 2.45) is 5.41 Å². The van der Waals surface area contributed by atoms with Crippen molar-refractivity contribution in [3.05, 3.63) is 71.8 Å². The molecule has 5 nitrogen and oxygen atoms in total. The van der Waals surface area contributed by atoms with Crippen LogP contribution in [0.3, 0.4) is 0 Å². The van der Waals surface area contributed by atoms with Gasteiger partial charge in [-0.3, -0.25) is 14.5 Å². The Balaban J connectivity index is 1.43. The lowest BCUT2D eigenvalue weighted by atomic mass is 9.91. The summed E-state index contributed by atoms with van der Waals surface area (Å²) in [7, 11) is 0. The summed E-state index contributed by atoms with van der Waals surface area (Å²) in [5.41, 5.74) is 2.47. The molecule has 0 aromatic heterocycles. The molecule has 2 heterocycles. The Morgan fingerprint density at radius 1 is 0.909 bits per heavy atom. The Morgan fingerprint density at radius 3 is 1.97 bits per heavy atom. The van der Waals surface area contributed by atoms with Gasteiger partial charge in [0, 0.05) is 38.4 Å². The minimum absolute atomic E-state index is 0.0759. The van der Waals surface area contributed by atoms with Crippen LogP contribution >= 0.6 is 11.8 Å². The Kier molecular flexibility index (Phi) is 7.45. The van der Waals surface area contributed by atoms with Crippen molar-refractivity contribution >= 4 is 23.6 Å². The number of thioether (sulfide) groups is 1. The molecule has 2 amide bonds. The maximum absolute atomic E-state index is 13.4. The van der Waals surface area contributed by atoms with Gasteiger partial charge in [0.2, 0.25) is 11.8 Å². The third-order valence-corrected chi connectivity index (χ3v) is 7.40. The Morgan fingerprint density at radius 2 is 1.45 bits per heavy atom. The predicted molar refractivity (Wildman–Crippen MR) is 135 cm³/mol. The normalized spacial score (nSPS) is 19.8. The fraction of sp³-hybridized carbons (Fsp3) is 0.481. The number of nitrogens with zero attached hydrogens (tertiary/aromatic N) is 3. The second-order valence-corrected chi connectivity index (χ2v) is 11.2. The van der Waals surface area contributed by atoms with Crippen LogP contribution in [0.15, 0.2) is 60.7 Å². The second-order valence-electron chi connectivity index (χ2n) is 10.2. The van der Waals surface area contributed by atoms with Crippen molar-refractivity contribution in [1.29, 1.82) is 0 Å². The lowest BCUT2D eigenvalue weighted by molar-refractivity contribution is -0.145. The maximum atomic E-state index is 13.4. The van der Waals surface area contributed by atoms with Crippen LogP contribution in [-0.4, -0.2) is 70.4 Å². The van der Waals surface area contributed by atoms with Gasteiger partial charge in [-0.1, -0.05) is 81.4 Å². The van der Waals surface area contributed by atoms with E-state index >= 15 is 0 Å². The molecule has 2 aliphatic rings. The van der Waals surface area contributed by atoms with E-state index in [0.29, 0.717) is 31.1 Å². The van der Waals surface area contributed by atoms with Gasteiger partial charge < -0.3 is 9.80 Å². The van der Waals surface area contributed by atoms with Gasteiger partial charge in [0.15, 0.2) is 0 Å². The Labute approximate surface area is 202 Å². The average Bonchev–Trinajstić information content (AvgIpc) is 3.30. The molecular weight excluding hydrogens is 430 g/mol. The van der Waals surface area contributed by atoms with Crippen molar-refractivity contribution in [2.45, 2.75) is 39.3 Å². The van der Waals surface area contributed by atoms with Crippen LogP contribution in [0.25, 0.3) is 0 Å². The summed E-state index contributed by atoms with van der Waals surface area (Å²) in [5.74, 6) is 1.52. The topological polar surface area (TPSA) is 43.9 Å². The summed E-state index contributed by atoms with van der Waals surface area (Å²) in [6.07, 6.45) is 0.473. The number of carbonyl (C=O) groups is 2. The Hall–Kier alpha value is -2.31. The molecule has 0 bridgehead atoms. The lowest BCUT2D eigenvalue weighted by Crippen LogP contribution is -2.55. The van der Waals surface area contributed by atoms with Crippen LogP contribution in [0.2, 0.25) is 0 Å². The SMILES string of the molecule is CC(C)(C)CC(=O)N1CSCC1C(=O)N1CCN(C(c2ccccc2)c2ccccc2)CC1. The minimum atomic E-state index is -0.324. The standard InChI is InChI=1S/C27H35N3O2S/c1-27(2,3)18-24(31)30-20-33-19-23(30)26(32)29-16-14-28(15-17-29)25(21-10-6-4-7-11-21)22-12-8-5-9-13-22/h4-13,23,25H,14-20H2,1-3H3. The van der Waals surface area contributed by atoms with E-state index in [0.717, 1.165) is 13.1 Å². The summed E-state index contributed by atoms with van der Waals surface area (Å²) < 4.78 is 0. The fourth-order valence-corrected chi connectivity index (χ4v) is 5.92. The first-order valence-electron chi connectivity index (χ1n) is 11.8. The lowest BCUT2D eigenvalue weighted by Gasteiger charge is -2.41. The van der Waals surface area contributed by atoms with E-state index in [9.17, 15) is 9.59 Å². The van der Waals surface area contributed by atoms with Crippen molar-refractivity contribution in [1.82, 2.24) is 14.7 Å². The van der Waals surface area contributed by atoms with E-state index < -0.39 is 0 Å². The highest BCUT2D eigenvalue weighted by Gasteiger charge is 2.39. The number of hydrogen-bond acceptors (Lipinski definition) is 4. The predicted octanol–water partition coefficient (Wildman–Crippen LogP) is 4.26. The molecule has 0 N–H and O–H groups in total. The molecule has 0 aliphatic carbocycles. The van der Waals surface area contributed by atoms with E-state index in [4.69, 9.17) is 0 Å². The summed E-state index contributed by atoms with van der Waals surface area (Å²) >= 11 is 1.68. The number of piperazine rings is 1. The number of carbonyl (C=O) groups excluding carboxylic acids is 2. The number of benzene rings is 2. The van der Waals surface area contributed by atoms with Gasteiger partial charge in [0.05, 0.1) is 11.9 Å².